The first-order chi connectivity index (χ1) is 6.45. The number of hydrogen-bond acceptors (Lipinski definition) is 4. The van der Waals surface area contributed by atoms with Crippen LogP contribution in [0.2, 0.25) is 0 Å². The summed E-state index contributed by atoms with van der Waals surface area (Å²) >= 11 is 0. The summed E-state index contributed by atoms with van der Waals surface area (Å²) in [4.78, 5) is 18.2. The molecule has 1 aliphatic rings. The fraction of sp³-hybridized carbons (Fsp3) is 0.750. The first-order valence-electron chi connectivity index (χ1n) is 4.42. The van der Waals surface area contributed by atoms with Gasteiger partial charge in [-0.25, -0.2) is 9.59 Å². The molecule has 0 saturated heterocycles. The van der Waals surface area contributed by atoms with Crippen molar-refractivity contribution in [2.45, 2.75) is 37.8 Å². The number of carbonyl (C=O) groups is 2. The van der Waals surface area contributed by atoms with E-state index in [1.165, 1.54) is 12.8 Å². The van der Waals surface area contributed by atoms with Gasteiger partial charge in [0.1, 0.15) is 0 Å². The van der Waals surface area contributed by atoms with Gasteiger partial charge in [-0.3, -0.25) is 0 Å². The predicted molar refractivity (Wildman–Crippen MR) is 49.7 cm³/mol. The van der Waals surface area contributed by atoms with Crippen LogP contribution in [0.15, 0.2) is 0 Å². The van der Waals surface area contributed by atoms with E-state index in [0.717, 1.165) is 12.8 Å². The third kappa shape index (κ3) is 8.54. The van der Waals surface area contributed by atoms with Gasteiger partial charge in [0.2, 0.25) is 0 Å². The number of nitrogens with two attached hydrogens (primary N) is 2. The van der Waals surface area contributed by atoms with Crippen LogP contribution in [-0.2, 0) is 30.7 Å². The molecule has 0 radical (unpaired) electrons. The minimum atomic E-state index is -1.82. The van der Waals surface area contributed by atoms with Gasteiger partial charge >= 0.3 is 33.0 Å². The Hall–Kier alpha value is -0.452. The molecule has 1 aliphatic carbocycles. The molecule has 6 nitrogen and oxygen atoms in total. The molecule has 0 bridgehead atoms. The van der Waals surface area contributed by atoms with E-state index in [1.807, 2.05) is 0 Å². The molecule has 0 amide bonds. The van der Waals surface area contributed by atoms with Crippen LogP contribution in [-0.4, -0.2) is 34.2 Å². The van der Waals surface area contributed by atoms with Crippen molar-refractivity contribution in [2.24, 2.45) is 11.5 Å². The predicted octanol–water partition coefficient (Wildman–Crippen LogP) is -0.632. The molecule has 0 heterocycles. The third-order valence-electron chi connectivity index (χ3n) is 2.06. The van der Waals surface area contributed by atoms with Crippen LogP contribution in [0.25, 0.3) is 0 Å². The van der Waals surface area contributed by atoms with Crippen molar-refractivity contribution in [1.82, 2.24) is 0 Å². The smallest absolute Gasteiger partial charge is 0.473 e. The van der Waals surface area contributed by atoms with Crippen LogP contribution in [0.3, 0.4) is 0 Å². The van der Waals surface area contributed by atoms with E-state index in [0.29, 0.717) is 0 Å². The minimum absolute atomic E-state index is 0. The summed E-state index contributed by atoms with van der Waals surface area (Å²) in [6.45, 7) is 0. The summed E-state index contributed by atoms with van der Waals surface area (Å²) in [6, 6.07) is 0.562. The van der Waals surface area contributed by atoms with Crippen LogP contribution in [0.1, 0.15) is 25.7 Å². The summed E-state index contributed by atoms with van der Waals surface area (Å²) in [7, 11) is 0. The molecule has 0 aliphatic heterocycles. The van der Waals surface area contributed by atoms with E-state index in [1.54, 1.807) is 0 Å². The van der Waals surface area contributed by atoms with E-state index in [4.69, 9.17) is 31.3 Å². The van der Waals surface area contributed by atoms with Crippen LogP contribution in [0.5, 0.6) is 0 Å². The zero-order chi connectivity index (χ0) is 11.1. The van der Waals surface area contributed by atoms with Crippen molar-refractivity contribution in [3.05, 3.63) is 0 Å². The van der Waals surface area contributed by atoms with Crippen molar-refractivity contribution < 1.29 is 40.9 Å². The summed E-state index contributed by atoms with van der Waals surface area (Å²) in [5, 5.41) is 14.8. The fourth-order valence-corrected chi connectivity index (χ4v) is 1.19. The third-order valence-corrected chi connectivity index (χ3v) is 2.06. The molecule has 1 rings (SSSR count). The van der Waals surface area contributed by atoms with Gasteiger partial charge in [0.05, 0.1) is 0 Å². The number of aliphatic carboxylic acids is 2. The molecule has 7 heteroatoms. The molecule has 0 aromatic heterocycles. The van der Waals surface area contributed by atoms with E-state index >= 15 is 0 Å². The van der Waals surface area contributed by atoms with Crippen molar-refractivity contribution in [1.29, 1.82) is 0 Å². The molecule has 0 aromatic rings. The summed E-state index contributed by atoms with van der Waals surface area (Å²) < 4.78 is 0. The molecule has 90 valence electrons. The van der Waals surface area contributed by atoms with Crippen LogP contribution in [0.4, 0.5) is 0 Å². The first-order valence-corrected chi connectivity index (χ1v) is 4.42. The molecular weight excluding hydrogens is 383 g/mol. The van der Waals surface area contributed by atoms with Gasteiger partial charge in [-0.1, -0.05) is 12.8 Å². The van der Waals surface area contributed by atoms with Crippen molar-refractivity contribution in [3.63, 3.8) is 0 Å². The molecule has 0 spiro atoms. The molecule has 2 atom stereocenters. The number of hydrogen-bond donors (Lipinski definition) is 4. The quantitative estimate of drug-likeness (QED) is 0.402. The Labute approximate surface area is 102 Å². The van der Waals surface area contributed by atoms with Gasteiger partial charge < -0.3 is 21.7 Å². The average molecular weight is 399 g/mol. The minimum Gasteiger partial charge on any atom is -0.473 e. The molecule has 0 unspecified atom stereocenters. The second-order valence-electron chi connectivity index (χ2n) is 3.22. The van der Waals surface area contributed by atoms with E-state index < -0.39 is 11.9 Å². The normalized spacial score (nSPS) is 24.1. The first kappa shape index (κ1) is 17.0. The molecule has 1 saturated carbocycles. The Morgan fingerprint density at radius 1 is 0.933 bits per heavy atom. The Balaban J connectivity index is 0. The molecule has 1 fully saturated rings. The maximum Gasteiger partial charge on any atom is 2.00 e. The van der Waals surface area contributed by atoms with Gasteiger partial charge in [-0.15, -0.1) is 0 Å². The Bertz CT molecular complexity index is 191. The zero-order valence-electron chi connectivity index (χ0n) is 8.16. The second-order valence-corrected chi connectivity index (χ2v) is 3.22. The average Bonchev–Trinajstić information content (AvgIpc) is 2.11. The van der Waals surface area contributed by atoms with E-state index in [2.05, 4.69) is 0 Å². The van der Waals surface area contributed by atoms with Gasteiger partial charge in [0.25, 0.3) is 0 Å². The number of carboxylic acid groups (broad SMARTS) is 2. The van der Waals surface area contributed by atoms with Crippen molar-refractivity contribution in [3.8, 4) is 0 Å². The Morgan fingerprint density at radius 2 is 1.20 bits per heavy atom. The Morgan fingerprint density at radius 3 is 1.33 bits per heavy atom. The van der Waals surface area contributed by atoms with Crippen LogP contribution in [0, 0.1) is 0 Å². The molecule has 15 heavy (non-hydrogen) atoms. The summed E-state index contributed by atoms with van der Waals surface area (Å²) in [5.41, 5.74) is 11.3. The molecule has 6 N–H and O–H groups in total. The van der Waals surface area contributed by atoms with Gasteiger partial charge in [-0.2, -0.15) is 0 Å². The molecular formula is C8H16N2O4Pt+2. The summed E-state index contributed by atoms with van der Waals surface area (Å²) in [6.07, 6.45) is 4.80. The monoisotopic (exact) mass is 399 g/mol. The second kappa shape index (κ2) is 8.82. The molecule has 0 aromatic carbocycles. The topological polar surface area (TPSA) is 127 Å². The van der Waals surface area contributed by atoms with Crippen molar-refractivity contribution in [2.75, 3.05) is 0 Å². The van der Waals surface area contributed by atoms with E-state index in [-0.39, 0.29) is 33.1 Å². The van der Waals surface area contributed by atoms with Crippen LogP contribution >= 0.6 is 0 Å². The largest absolute Gasteiger partial charge is 2.00 e. The number of rotatable bonds is 0. The zero-order valence-corrected chi connectivity index (χ0v) is 10.4. The fourth-order valence-electron chi connectivity index (χ4n) is 1.19. The van der Waals surface area contributed by atoms with Gasteiger partial charge in [0.15, 0.2) is 0 Å². The standard InChI is InChI=1S/C6H14N2.C2H2O4.Pt/c7-5-3-1-2-4-6(5)8;3-1(4)2(5)6;/h5-6H,1-4,7-8H2;(H,3,4)(H,5,6);/q;;+2/t5-,6-;;/m1../s1. The maximum atomic E-state index is 9.10. The van der Waals surface area contributed by atoms with Gasteiger partial charge in [0, 0.05) is 12.1 Å². The Kier molecular flexibility index (Phi) is 9.98. The van der Waals surface area contributed by atoms with E-state index in [9.17, 15) is 0 Å². The summed E-state index contributed by atoms with van der Waals surface area (Å²) in [5.74, 6) is -3.65. The van der Waals surface area contributed by atoms with Crippen LogP contribution < -0.4 is 11.5 Å². The maximum absolute atomic E-state index is 9.10. The van der Waals surface area contributed by atoms with Gasteiger partial charge in [-0.05, 0) is 12.8 Å². The number of carboxylic acids is 2. The SMILES string of the molecule is N[C@@H]1CCCC[C@H]1N.O=C(O)C(=O)O.[Pt+2]. The van der Waals surface area contributed by atoms with Crippen molar-refractivity contribution >= 4 is 11.9 Å².